The third kappa shape index (κ3) is 5.70. The largest absolute Gasteiger partial charge is 0.467 e. The van der Waals surface area contributed by atoms with Crippen LogP contribution < -0.4 is 10.6 Å². The molecule has 0 bridgehead atoms. The van der Waals surface area contributed by atoms with E-state index in [2.05, 4.69) is 10.6 Å². The maximum atomic E-state index is 12.8. The van der Waals surface area contributed by atoms with Crippen LogP contribution in [0.2, 0.25) is 0 Å². The minimum Gasteiger partial charge on any atom is -0.467 e. The van der Waals surface area contributed by atoms with Crippen LogP contribution >= 0.6 is 0 Å². The van der Waals surface area contributed by atoms with Crippen molar-refractivity contribution in [2.45, 2.75) is 32.4 Å². The molecule has 144 valence electrons. The molecule has 0 saturated heterocycles. The predicted molar refractivity (Wildman–Crippen MR) is 98.9 cm³/mol. The average molecular weight is 372 g/mol. The molecule has 0 unspecified atom stereocenters. The second-order valence-corrected chi connectivity index (χ2v) is 6.45. The Morgan fingerprint density at radius 2 is 1.74 bits per heavy atom. The van der Waals surface area contributed by atoms with Crippen LogP contribution in [0, 0.1) is 5.92 Å². The molecule has 0 aliphatic heterocycles. The van der Waals surface area contributed by atoms with Crippen LogP contribution in [0.5, 0.6) is 0 Å². The topological polar surface area (TPSA) is 97.6 Å². The predicted octanol–water partition coefficient (Wildman–Crippen LogP) is 1.93. The third-order valence-corrected chi connectivity index (χ3v) is 4.07. The van der Waals surface area contributed by atoms with E-state index in [0.29, 0.717) is 0 Å². The molecule has 0 saturated carbocycles. The number of rotatable bonds is 8. The van der Waals surface area contributed by atoms with Gasteiger partial charge in [0.2, 0.25) is 5.91 Å². The average Bonchev–Trinajstić information content (AvgIpc) is 3.20. The number of hydrogen-bond donors (Lipinski definition) is 2. The van der Waals surface area contributed by atoms with Crippen LogP contribution in [-0.2, 0) is 20.7 Å². The quantitative estimate of drug-likeness (QED) is 0.690. The van der Waals surface area contributed by atoms with Crippen molar-refractivity contribution < 1.29 is 23.5 Å². The SMILES string of the molecule is COC(=O)[C@@H](NC(=O)[C@@H](Cc1ccccc1)NC(=O)c1ccco1)C(C)C. The van der Waals surface area contributed by atoms with Crippen LogP contribution in [0.3, 0.4) is 0 Å². The first-order valence-corrected chi connectivity index (χ1v) is 8.69. The van der Waals surface area contributed by atoms with Crippen LogP contribution in [0.15, 0.2) is 53.1 Å². The summed E-state index contributed by atoms with van der Waals surface area (Å²) in [7, 11) is 1.27. The molecule has 2 amide bonds. The first-order chi connectivity index (χ1) is 12.9. The lowest BCUT2D eigenvalue weighted by Gasteiger charge is -2.24. The molecule has 1 heterocycles. The lowest BCUT2D eigenvalue weighted by atomic mass is 10.0. The minimum absolute atomic E-state index is 0.106. The molecule has 0 aliphatic carbocycles. The first-order valence-electron chi connectivity index (χ1n) is 8.69. The molecule has 7 nitrogen and oxygen atoms in total. The van der Waals surface area contributed by atoms with Crippen molar-refractivity contribution in [3.05, 3.63) is 60.1 Å². The van der Waals surface area contributed by atoms with Gasteiger partial charge in [0.25, 0.3) is 5.91 Å². The van der Waals surface area contributed by atoms with Gasteiger partial charge in [-0.3, -0.25) is 9.59 Å². The molecule has 2 rings (SSSR count). The van der Waals surface area contributed by atoms with Crippen LogP contribution in [0.1, 0.15) is 30.0 Å². The normalized spacial score (nSPS) is 12.9. The Balaban J connectivity index is 2.18. The van der Waals surface area contributed by atoms with E-state index < -0.39 is 29.9 Å². The maximum Gasteiger partial charge on any atom is 0.328 e. The van der Waals surface area contributed by atoms with E-state index in [1.54, 1.807) is 19.9 Å². The molecule has 2 aromatic rings. The number of methoxy groups -OCH3 is 1. The molecule has 2 atom stereocenters. The number of amides is 2. The summed E-state index contributed by atoms with van der Waals surface area (Å²) in [5.41, 5.74) is 0.872. The standard InChI is InChI=1S/C20H24N2O5/c1-13(2)17(20(25)26-3)22-18(23)15(12-14-8-5-4-6-9-14)21-19(24)16-10-7-11-27-16/h4-11,13,15,17H,12H2,1-3H3,(H,21,24)(H,22,23)/t15-,17+/m1/s1. The summed E-state index contributed by atoms with van der Waals surface area (Å²) < 4.78 is 9.84. The summed E-state index contributed by atoms with van der Waals surface area (Å²) >= 11 is 0. The number of furan rings is 1. The maximum absolute atomic E-state index is 12.8. The number of hydrogen-bond acceptors (Lipinski definition) is 5. The highest BCUT2D eigenvalue weighted by molar-refractivity contribution is 5.96. The van der Waals surface area contributed by atoms with Gasteiger partial charge in [-0.15, -0.1) is 0 Å². The molecule has 1 aromatic carbocycles. The van der Waals surface area contributed by atoms with Gasteiger partial charge in [-0.05, 0) is 23.6 Å². The molecule has 0 aliphatic rings. The molecule has 2 N–H and O–H groups in total. The van der Waals surface area contributed by atoms with E-state index in [-0.39, 0.29) is 18.1 Å². The van der Waals surface area contributed by atoms with Crippen molar-refractivity contribution in [2.24, 2.45) is 5.92 Å². The fraction of sp³-hybridized carbons (Fsp3) is 0.350. The monoisotopic (exact) mass is 372 g/mol. The Morgan fingerprint density at radius 3 is 2.30 bits per heavy atom. The molecule has 27 heavy (non-hydrogen) atoms. The van der Waals surface area contributed by atoms with Crippen molar-refractivity contribution >= 4 is 17.8 Å². The van der Waals surface area contributed by atoms with Gasteiger partial charge in [-0.25, -0.2) is 4.79 Å². The van der Waals surface area contributed by atoms with E-state index in [1.807, 2.05) is 30.3 Å². The summed E-state index contributed by atoms with van der Waals surface area (Å²) in [6.45, 7) is 3.60. The van der Waals surface area contributed by atoms with E-state index in [1.165, 1.54) is 19.4 Å². The van der Waals surface area contributed by atoms with Crippen LogP contribution in [0.25, 0.3) is 0 Å². The third-order valence-electron chi connectivity index (χ3n) is 4.07. The number of esters is 1. The van der Waals surface area contributed by atoms with Gasteiger partial charge in [-0.1, -0.05) is 44.2 Å². The van der Waals surface area contributed by atoms with E-state index in [4.69, 9.17) is 9.15 Å². The smallest absolute Gasteiger partial charge is 0.328 e. The lowest BCUT2D eigenvalue weighted by Crippen LogP contribution is -2.54. The Labute approximate surface area is 158 Å². The van der Waals surface area contributed by atoms with Crippen LogP contribution in [-0.4, -0.2) is 37.0 Å². The van der Waals surface area contributed by atoms with Crippen molar-refractivity contribution in [2.75, 3.05) is 7.11 Å². The molecular formula is C20H24N2O5. The zero-order chi connectivity index (χ0) is 19.8. The Morgan fingerprint density at radius 1 is 1.04 bits per heavy atom. The van der Waals surface area contributed by atoms with Crippen molar-refractivity contribution in [3.8, 4) is 0 Å². The highest BCUT2D eigenvalue weighted by Gasteiger charge is 2.30. The molecule has 0 fully saturated rings. The molecule has 0 spiro atoms. The second-order valence-electron chi connectivity index (χ2n) is 6.45. The minimum atomic E-state index is -0.879. The van der Waals surface area contributed by atoms with Gasteiger partial charge in [0.05, 0.1) is 13.4 Å². The van der Waals surface area contributed by atoms with E-state index in [9.17, 15) is 14.4 Å². The van der Waals surface area contributed by atoms with Gasteiger partial charge in [0.1, 0.15) is 12.1 Å². The fourth-order valence-electron chi connectivity index (χ4n) is 2.57. The summed E-state index contributed by atoms with van der Waals surface area (Å²) in [5.74, 6) is -1.57. The first kappa shape index (κ1) is 20.2. The fourth-order valence-corrected chi connectivity index (χ4v) is 2.57. The number of carbonyl (C=O) groups excluding carboxylic acids is 3. The Kier molecular flexibility index (Phi) is 7.16. The zero-order valence-electron chi connectivity index (χ0n) is 15.6. The number of carbonyl (C=O) groups is 3. The van der Waals surface area contributed by atoms with Gasteiger partial charge < -0.3 is 19.8 Å². The lowest BCUT2D eigenvalue weighted by molar-refractivity contribution is -0.146. The highest BCUT2D eigenvalue weighted by atomic mass is 16.5. The van der Waals surface area contributed by atoms with Gasteiger partial charge in [-0.2, -0.15) is 0 Å². The Bertz CT molecular complexity index is 756. The van der Waals surface area contributed by atoms with E-state index >= 15 is 0 Å². The summed E-state index contributed by atoms with van der Waals surface area (Å²) in [6.07, 6.45) is 1.65. The van der Waals surface area contributed by atoms with Crippen LogP contribution in [0.4, 0.5) is 0 Å². The summed E-state index contributed by atoms with van der Waals surface area (Å²) in [6, 6.07) is 10.7. The van der Waals surface area contributed by atoms with Crippen molar-refractivity contribution in [1.29, 1.82) is 0 Å². The molecule has 7 heteroatoms. The molecule has 1 aromatic heterocycles. The molecular weight excluding hydrogens is 348 g/mol. The molecule has 0 radical (unpaired) electrons. The van der Waals surface area contributed by atoms with Gasteiger partial charge >= 0.3 is 5.97 Å². The highest BCUT2D eigenvalue weighted by Crippen LogP contribution is 2.09. The van der Waals surface area contributed by atoms with E-state index in [0.717, 1.165) is 5.56 Å². The summed E-state index contributed by atoms with van der Waals surface area (Å²) in [5, 5.41) is 5.35. The number of nitrogens with one attached hydrogen (secondary N) is 2. The van der Waals surface area contributed by atoms with Crippen molar-refractivity contribution in [1.82, 2.24) is 10.6 Å². The zero-order valence-corrected chi connectivity index (χ0v) is 15.6. The summed E-state index contributed by atoms with van der Waals surface area (Å²) in [4.78, 5) is 37.1. The number of benzene rings is 1. The van der Waals surface area contributed by atoms with Crippen molar-refractivity contribution in [3.63, 3.8) is 0 Å². The second kappa shape index (κ2) is 9.56. The Hall–Kier alpha value is -3.09. The number of ether oxygens (including phenoxy) is 1. The van der Waals surface area contributed by atoms with Gasteiger partial charge in [0, 0.05) is 6.42 Å². The van der Waals surface area contributed by atoms with Gasteiger partial charge in [0.15, 0.2) is 5.76 Å².